The molecule has 3 nitrogen and oxygen atoms in total. The van der Waals surface area contributed by atoms with E-state index in [1.54, 1.807) is 7.11 Å². The average molecular weight is 229 g/mol. The van der Waals surface area contributed by atoms with Gasteiger partial charge in [0.2, 0.25) is 0 Å². The molecule has 1 heterocycles. The lowest BCUT2D eigenvalue weighted by atomic mass is 9.94. The molecule has 0 amide bonds. The Hall–Kier alpha value is -0.120. The van der Waals surface area contributed by atoms with E-state index in [-0.39, 0.29) is 11.2 Å². The van der Waals surface area contributed by atoms with E-state index >= 15 is 0 Å². The third-order valence-corrected chi connectivity index (χ3v) is 3.24. The molecule has 0 radical (unpaired) electrons. The van der Waals surface area contributed by atoms with Gasteiger partial charge in [-0.1, -0.05) is 6.92 Å². The van der Waals surface area contributed by atoms with Crippen LogP contribution in [0.1, 0.15) is 41.0 Å². The molecule has 1 N–H and O–H groups in total. The van der Waals surface area contributed by atoms with Crippen LogP contribution in [0, 0.1) is 5.92 Å². The van der Waals surface area contributed by atoms with E-state index in [9.17, 15) is 0 Å². The number of methoxy groups -OCH3 is 1. The monoisotopic (exact) mass is 229 g/mol. The van der Waals surface area contributed by atoms with Crippen molar-refractivity contribution in [1.82, 2.24) is 5.32 Å². The maximum Gasteiger partial charge on any atom is 0.0787 e. The summed E-state index contributed by atoms with van der Waals surface area (Å²) < 4.78 is 11.2. The van der Waals surface area contributed by atoms with Gasteiger partial charge in [-0.05, 0) is 40.0 Å². The summed E-state index contributed by atoms with van der Waals surface area (Å²) in [7, 11) is 1.75. The number of nitrogens with one attached hydrogen (secondary N) is 1. The molecule has 1 fully saturated rings. The fourth-order valence-electron chi connectivity index (χ4n) is 2.57. The molecule has 2 atom stereocenters. The second kappa shape index (κ2) is 5.03. The third kappa shape index (κ3) is 3.72. The molecule has 1 aliphatic rings. The molecular weight excluding hydrogens is 202 g/mol. The molecule has 0 spiro atoms. The lowest BCUT2D eigenvalue weighted by Crippen LogP contribution is -2.45. The molecule has 1 saturated heterocycles. The molecular formula is C13H27NO2. The minimum atomic E-state index is -0.0731. The van der Waals surface area contributed by atoms with Gasteiger partial charge in [0.05, 0.1) is 11.2 Å². The second-order valence-electron chi connectivity index (χ2n) is 6.19. The van der Waals surface area contributed by atoms with Gasteiger partial charge in [0, 0.05) is 26.3 Å². The van der Waals surface area contributed by atoms with Gasteiger partial charge in [-0.25, -0.2) is 0 Å². The highest BCUT2D eigenvalue weighted by Crippen LogP contribution is 2.37. The van der Waals surface area contributed by atoms with Crippen LogP contribution in [0.5, 0.6) is 0 Å². The quantitative estimate of drug-likeness (QED) is 0.784. The topological polar surface area (TPSA) is 30.5 Å². The van der Waals surface area contributed by atoms with E-state index in [1.807, 2.05) is 0 Å². The first kappa shape index (κ1) is 13.9. The first-order chi connectivity index (χ1) is 7.27. The zero-order chi connectivity index (χ0) is 12.4. The number of hydrogen-bond acceptors (Lipinski definition) is 3. The maximum absolute atomic E-state index is 6.05. The molecule has 0 saturated carbocycles. The van der Waals surface area contributed by atoms with Gasteiger partial charge in [0.1, 0.15) is 0 Å². The first-order valence-electron chi connectivity index (χ1n) is 6.19. The summed E-state index contributed by atoms with van der Waals surface area (Å²) in [5.41, 5.74) is -0.0814. The summed E-state index contributed by atoms with van der Waals surface area (Å²) in [5.74, 6) is 0.546. The summed E-state index contributed by atoms with van der Waals surface area (Å²) in [6, 6.07) is 0.432. The van der Waals surface area contributed by atoms with Gasteiger partial charge < -0.3 is 14.8 Å². The highest BCUT2D eigenvalue weighted by Gasteiger charge is 2.45. The average Bonchev–Trinajstić information content (AvgIpc) is 2.31. The van der Waals surface area contributed by atoms with Crippen molar-refractivity contribution in [2.75, 3.05) is 20.3 Å². The summed E-state index contributed by atoms with van der Waals surface area (Å²) >= 11 is 0. The first-order valence-corrected chi connectivity index (χ1v) is 6.19. The van der Waals surface area contributed by atoms with Crippen molar-refractivity contribution >= 4 is 0 Å². The zero-order valence-corrected chi connectivity index (χ0v) is 11.6. The molecule has 96 valence electrons. The number of rotatable bonds is 5. The number of ether oxygens (including phenoxy) is 2. The Morgan fingerprint density at radius 3 is 2.44 bits per heavy atom. The highest BCUT2D eigenvalue weighted by atomic mass is 16.5. The van der Waals surface area contributed by atoms with Gasteiger partial charge in [-0.15, -0.1) is 0 Å². The summed E-state index contributed by atoms with van der Waals surface area (Å²) in [5, 5.41) is 3.61. The Morgan fingerprint density at radius 2 is 2.00 bits per heavy atom. The van der Waals surface area contributed by atoms with Crippen molar-refractivity contribution in [3.63, 3.8) is 0 Å². The zero-order valence-electron chi connectivity index (χ0n) is 11.6. The van der Waals surface area contributed by atoms with Crippen molar-refractivity contribution in [2.45, 2.75) is 58.3 Å². The standard InChI is InChI=1S/C13H27NO2/c1-10(9-15-6)8-14-11-7-12(2,3)16-13(11,4)5/h10-11,14H,7-9H2,1-6H3. The van der Waals surface area contributed by atoms with E-state index in [4.69, 9.17) is 9.47 Å². The van der Waals surface area contributed by atoms with E-state index in [0.29, 0.717) is 12.0 Å². The van der Waals surface area contributed by atoms with Crippen molar-refractivity contribution in [3.05, 3.63) is 0 Å². The van der Waals surface area contributed by atoms with E-state index in [2.05, 4.69) is 39.9 Å². The van der Waals surface area contributed by atoms with E-state index in [0.717, 1.165) is 19.6 Å². The minimum Gasteiger partial charge on any atom is -0.384 e. The molecule has 0 aliphatic carbocycles. The van der Waals surface area contributed by atoms with Gasteiger partial charge in [0.25, 0.3) is 0 Å². The summed E-state index contributed by atoms with van der Waals surface area (Å²) in [6.07, 6.45) is 1.07. The molecule has 3 heteroatoms. The largest absolute Gasteiger partial charge is 0.384 e. The van der Waals surface area contributed by atoms with Crippen LogP contribution in [0.25, 0.3) is 0 Å². The van der Waals surface area contributed by atoms with E-state index in [1.165, 1.54) is 0 Å². The SMILES string of the molecule is COCC(C)CNC1CC(C)(C)OC1(C)C. The molecule has 1 rings (SSSR count). The highest BCUT2D eigenvalue weighted by molar-refractivity contribution is 4.98. The predicted octanol–water partition coefficient (Wildman–Crippen LogP) is 2.20. The van der Waals surface area contributed by atoms with Crippen molar-refractivity contribution in [2.24, 2.45) is 5.92 Å². The Balaban J connectivity index is 2.42. The van der Waals surface area contributed by atoms with Gasteiger partial charge in [-0.2, -0.15) is 0 Å². The molecule has 16 heavy (non-hydrogen) atoms. The number of hydrogen-bond donors (Lipinski definition) is 1. The normalized spacial score (nSPS) is 29.2. The Labute approximate surface area is 99.9 Å². The lowest BCUT2D eigenvalue weighted by molar-refractivity contribution is -0.0700. The van der Waals surface area contributed by atoms with Crippen LogP contribution in [-0.4, -0.2) is 37.5 Å². The van der Waals surface area contributed by atoms with Crippen LogP contribution in [0.3, 0.4) is 0 Å². The van der Waals surface area contributed by atoms with Crippen LogP contribution < -0.4 is 5.32 Å². The molecule has 2 unspecified atom stereocenters. The lowest BCUT2D eigenvalue weighted by Gasteiger charge is -2.28. The van der Waals surface area contributed by atoms with E-state index < -0.39 is 0 Å². The molecule has 0 aromatic carbocycles. The van der Waals surface area contributed by atoms with Crippen molar-refractivity contribution in [3.8, 4) is 0 Å². The Morgan fingerprint density at radius 1 is 1.38 bits per heavy atom. The fraction of sp³-hybridized carbons (Fsp3) is 1.00. The van der Waals surface area contributed by atoms with Gasteiger partial charge in [0.15, 0.2) is 0 Å². The van der Waals surface area contributed by atoms with Crippen LogP contribution >= 0.6 is 0 Å². The molecule has 1 aliphatic heterocycles. The molecule has 0 bridgehead atoms. The van der Waals surface area contributed by atoms with Crippen LogP contribution in [0.4, 0.5) is 0 Å². The summed E-state index contributed by atoms with van der Waals surface area (Å²) in [4.78, 5) is 0. The van der Waals surface area contributed by atoms with Crippen LogP contribution in [0.15, 0.2) is 0 Å². The van der Waals surface area contributed by atoms with Crippen LogP contribution in [0.2, 0.25) is 0 Å². The Kier molecular flexibility index (Phi) is 4.38. The van der Waals surface area contributed by atoms with Crippen molar-refractivity contribution in [1.29, 1.82) is 0 Å². The van der Waals surface area contributed by atoms with Gasteiger partial charge >= 0.3 is 0 Å². The fourth-order valence-corrected chi connectivity index (χ4v) is 2.57. The predicted molar refractivity (Wildman–Crippen MR) is 66.7 cm³/mol. The second-order valence-corrected chi connectivity index (χ2v) is 6.19. The third-order valence-electron chi connectivity index (χ3n) is 3.24. The smallest absolute Gasteiger partial charge is 0.0787 e. The van der Waals surface area contributed by atoms with Crippen molar-refractivity contribution < 1.29 is 9.47 Å². The Bertz CT molecular complexity index is 226. The molecule has 0 aromatic rings. The van der Waals surface area contributed by atoms with Gasteiger partial charge in [-0.3, -0.25) is 0 Å². The summed E-state index contributed by atoms with van der Waals surface area (Å²) in [6.45, 7) is 12.7. The minimum absolute atomic E-state index is 0.00827. The maximum atomic E-state index is 6.05. The van der Waals surface area contributed by atoms with Crippen LogP contribution in [-0.2, 0) is 9.47 Å². The molecule has 0 aromatic heterocycles.